The quantitative estimate of drug-likeness (QED) is 0.158. The van der Waals surface area contributed by atoms with Crippen LogP contribution < -0.4 is 0 Å². The van der Waals surface area contributed by atoms with Gasteiger partial charge >= 0.3 is 0 Å². The van der Waals surface area contributed by atoms with E-state index in [4.69, 9.17) is 19.2 Å². The summed E-state index contributed by atoms with van der Waals surface area (Å²) in [5.41, 5.74) is -10.1. The maximum atomic E-state index is 10.4. The second-order valence-electron chi connectivity index (χ2n) is 13.3. The van der Waals surface area contributed by atoms with Crippen molar-refractivity contribution in [3.05, 3.63) is 197 Å². The van der Waals surface area contributed by atoms with Gasteiger partial charge in [0.15, 0.2) is 0 Å². The van der Waals surface area contributed by atoms with Crippen LogP contribution in [-0.2, 0) is 25.6 Å². The van der Waals surface area contributed by atoms with Crippen LogP contribution in [0.15, 0.2) is 175 Å². The van der Waals surface area contributed by atoms with Gasteiger partial charge in [-0.1, -0.05) is 127 Å². The van der Waals surface area contributed by atoms with Crippen LogP contribution in [0.3, 0.4) is 0 Å². The molecule has 10 aromatic carbocycles. The van der Waals surface area contributed by atoms with Gasteiger partial charge in [0.1, 0.15) is 0 Å². The molecule has 266 valence electrons. The zero-order valence-corrected chi connectivity index (χ0v) is 28.8. The number of aromatic nitrogens is 1. The number of para-hydroxylation sites is 2. The highest BCUT2D eigenvalue weighted by Gasteiger charge is 2.28. The number of rotatable bonds is 4. The standard InChI is InChI=1S/C56H37N/c1-2-12-44(13-3-1)57-51-15-5-4-14-47(51)50-33-40(24-29-52(50)57)41-30-42(45-25-20-38-18-16-34-8-6-10-36-22-27-48(45)55(38)53(34)36)32-43(31-41)46-26-21-39-19-17-35-9-7-11-37-23-28-49(46)56(39)54(35)37/h1-16,18,20-22,24-27,29-33H,17,19,23,28H2/i1D,2D,3D,4D,5D,6D,7D,8D,9D,10D,11D,12D,13D,14D,15D,16D,17D,18D,19D,20D,21D,22D,23D,24D,25D,26D,27D,28D,29D,30D,31D,32D,33D. The van der Waals surface area contributed by atoms with Crippen LogP contribution in [0.1, 0.15) is 67.5 Å². The predicted molar refractivity (Wildman–Crippen MR) is 241 cm³/mol. The average molecular weight is 757 g/mol. The molecule has 1 heterocycles. The molecular weight excluding hydrogens is 687 g/mol. The SMILES string of the molecule is [2H]c1c([2H])c([2H])c(-n2c3c([2H])c([2H])c([2H])c([2H])c3c3c([2H])c(-c4c([2H])c(-c5c([2H])c([2H])c6c7c5C([2H])C([2H])c5c([2H])c([2H])c([2H])c(c5-7)C([2H])C6[2H])c([2H])c(-c5c([2H])c([2H])c6c([2H])c([2H])c7c([2H])c([2H])c([2H])c8c([2H])c([2H])c5c6c78)c4[2H])c([2H])c([2H])c32)c([2H])c1[2H]. The minimum absolute atomic E-state index is 0.283. The molecule has 0 saturated heterocycles. The van der Waals surface area contributed by atoms with Crippen LogP contribution in [0.5, 0.6) is 0 Å². The van der Waals surface area contributed by atoms with Crippen LogP contribution in [0.4, 0.5) is 0 Å². The number of benzene rings is 10. The van der Waals surface area contributed by atoms with E-state index in [1.807, 2.05) is 0 Å². The minimum Gasteiger partial charge on any atom is -0.309 e. The van der Waals surface area contributed by atoms with Crippen LogP contribution >= 0.6 is 0 Å². The fourth-order valence-electron chi connectivity index (χ4n) is 7.89. The van der Waals surface area contributed by atoms with Gasteiger partial charge in [0.05, 0.1) is 50.8 Å². The van der Waals surface area contributed by atoms with Gasteiger partial charge in [0.25, 0.3) is 0 Å². The largest absolute Gasteiger partial charge is 0.309 e. The Kier molecular flexibility index (Phi) is 2.75. The summed E-state index contributed by atoms with van der Waals surface area (Å²) in [6.07, 6.45) is -7.69. The Labute approximate surface area is 377 Å². The van der Waals surface area contributed by atoms with Crippen molar-refractivity contribution in [2.75, 3.05) is 0 Å². The Morgan fingerprint density at radius 2 is 1.02 bits per heavy atom. The molecule has 2 aliphatic rings. The number of hydrogen-bond acceptors (Lipinski definition) is 0. The molecule has 1 heteroatoms. The second-order valence-corrected chi connectivity index (χ2v) is 13.3. The lowest BCUT2D eigenvalue weighted by molar-refractivity contribution is 0.878. The van der Waals surface area contributed by atoms with Gasteiger partial charge in [0, 0.05) is 21.9 Å². The van der Waals surface area contributed by atoms with E-state index in [0.29, 0.717) is 4.57 Å². The third-order valence-electron chi connectivity index (χ3n) is 10.3. The highest BCUT2D eigenvalue weighted by Crippen LogP contribution is 2.48. The fourth-order valence-corrected chi connectivity index (χ4v) is 7.89. The molecule has 4 atom stereocenters. The first-order valence-corrected chi connectivity index (χ1v) is 17.5. The Bertz CT molecular complexity index is 5240. The molecule has 0 amide bonds. The van der Waals surface area contributed by atoms with E-state index in [2.05, 4.69) is 0 Å². The first-order chi connectivity index (χ1) is 42.1. The second kappa shape index (κ2) is 11.8. The van der Waals surface area contributed by atoms with Gasteiger partial charge < -0.3 is 4.57 Å². The zero-order valence-electron chi connectivity index (χ0n) is 61.8. The van der Waals surface area contributed by atoms with E-state index in [-0.39, 0.29) is 27.6 Å². The minimum atomic E-state index is -2.08. The first-order valence-electron chi connectivity index (χ1n) is 34.3. The van der Waals surface area contributed by atoms with Crippen LogP contribution in [0, 0.1) is 0 Å². The van der Waals surface area contributed by atoms with E-state index >= 15 is 0 Å². The third kappa shape index (κ3) is 4.51. The topological polar surface area (TPSA) is 4.93 Å². The van der Waals surface area contributed by atoms with E-state index in [1.165, 1.54) is 0 Å². The Morgan fingerprint density at radius 1 is 0.386 bits per heavy atom. The monoisotopic (exact) mass is 756 g/mol. The Morgan fingerprint density at radius 3 is 1.86 bits per heavy atom. The summed E-state index contributed by atoms with van der Waals surface area (Å²) in [4.78, 5) is 0. The summed E-state index contributed by atoms with van der Waals surface area (Å²) in [5, 5.41) is -4.46. The maximum Gasteiger partial charge on any atom is 0.0645 e. The summed E-state index contributed by atoms with van der Waals surface area (Å²) in [5.74, 6) is 0. The van der Waals surface area contributed by atoms with Crippen molar-refractivity contribution in [2.24, 2.45) is 0 Å². The molecule has 0 aliphatic heterocycles. The number of hydrogen-bond donors (Lipinski definition) is 0. The average Bonchev–Trinajstić information content (AvgIpc) is 0.795. The highest BCUT2D eigenvalue weighted by molar-refractivity contribution is 6.25. The summed E-state index contributed by atoms with van der Waals surface area (Å²) in [6.45, 7) is 0. The molecule has 57 heavy (non-hydrogen) atoms. The fraction of sp³-hybridized carbons (Fsp3) is 0.0714. The van der Waals surface area contributed by atoms with Crippen LogP contribution in [0.2, 0.25) is 0 Å². The first kappa shape index (κ1) is 13.3. The third-order valence-corrected chi connectivity index (χ3v) is 10.3. The highest BCUT2D eigenvalue weighted by atomic mass is 15.0. The molecule has 1 nitrogen and oxygen atoms in total. The van der Waals surface area contributed by atoms with Gasteiger partial charge in [0.2, 0.25) is 0 Å². The summed E-state index contributed by atoms with van der Waals surface area (Å²) in [7, 11) is 0. The van der Waals surface area contributed by atoms with E-state index in [0.717, 1.165) is 0 Å². The molecule has 0 spiro atoms. The van der Waals surface area contributed by atoms with Crippen LogP contribution in [-0.4, -0.2) is 4.57 Å². The van der Waals surface area contributed by atoms with Gasteiger partial charge in [-0.25, -0.2) is 0 Å². The predicted octanol–water partition coefficient (Wildman–Crippen LogP) is 14.5. The van der Waals surface area contributed by atoms with Crippen molar-refractivity contribution < 1.29 is 45.2 Å². The maximum absolute atomic E-state index is 10.4. The van der Waals surface area contributed by atoms with Gasteiger partial charge in [-0.05, 0) is 173 Å². The molecule has 0 saturated carbocycles. The lowest BCUT2D eigenvalue weighted by atomic mass is 9.73. The lowest BCUT2D eigenvalue weighted by Crippen LogP contribution is -2.14. The molecule has 11 aromatic rings. The number of fused-ring (bicyclic) bond motifs is 3. The molecule has 0 N–H and O–H groups in total. The molecular formula is C56H37N. The van der Waals surface area contributed by atoms with Crippen molar-refractivity contribution in [3.8, 4) is 50.2 Å². The van der Waals surface area contributed by atoms with Crippen molar-refractivity contribution in [2.45, 2.75) is 25.6 Å². The molecule has 1 aromatic heterocycles. The normalized spacial score (nSPS) is 26.6. The van der Waals surface area contributed by atoms with Gasteiger partial charge in [-0.3, -0.25) is 0 Å². The molecule has 13 rings (SSSR count). The smallest absolute Gasteiger partial charge is 0.0645 e. The van der Waals surface area contributed by atoms with E-state index in [1.54, 1.807) is 0 Å². The van der Waals surface area contributed by atoms with Crippen molar-refractivity contribution in [1.82, 2.24) is 4.57 Å². The summed E-state index contributed by atoms with van der Waals surface area (Å²) >= 11 is 0. The molecule has 0 bridgehead atoms. The van der Waals surface area contributed by atoms with E-state index in [9.17, 15) is 26.0 Å². The van der Waals surface area contributed by atoms with Crippen molar-refractivity contribution in [1.29, 1.82) is 0 Å². The van der Waals surface area contributed by atoms with Crippen LogP contribution in [0.25, 0.3) is 104 Å². The molecule has 2 aliphatic carbocycles. The van der Waals surface area contributed by atoms with Gasteiger partial charge in [-0.2, -0.15) is 0 Å². The van der Waals surface area contributed by atoms with Crippen molar-refractivity contribution >= 4 is 54.1 Å². The molecule has 0 fully saturated rings. The lowest BCUT2D eigenvalue weighted by Gasteiger charge is -2.31. The molecule has 4 unspecified atom stereocenters. The van der Waals surface area contributed by atoms with E-state index < -0.39 is 300 Å². The van der Waals surface area contributed by atoms with Gasteiger partial charge in [-0.15, -0.1) is 0 Å². The summed E-state index contributed by atoms with van der Waals surface area (Å²) < 4.78 is 309. The Hall–Kier alpha value is -6.96. The van der Waals surface area contributed by atoms with Crippen molar-refractivity contribution in [3.63, 3.8) is 0 Å². The zero-order chi connectivity index (χ0) is 65.9. The number of nitrogens with zero attached hydrogens (tertiary/aromatic N) is 1. The summed E-state index contributed by atoms with van der Waals surface area (Å²) in [6, 6.07) is -27.3. The Balaban J connectivity index is 1.31. The molecule has 0 radical (unpaired) electrons.